The number of rotatable bonds is 2. The summed E-state index contributed by atoms with van der Waals surface area (Å²) in [6.45, 7) is 14.1. The third kappa shape index (κ3) is 2.92. The highest BCUT2D eigenvalue weighted by Crippen LogP contribution is 2.62. The number of hydrogen-bond acceptors (Lipinski definition) is 1. The van der Waals surface area contributed by atoms with Crippen molar-refractivity contribution in [3.05, 3.63) is 47.0 Å². The first-order valence-corrected chi connectivity index (χ1v) is 13.6. The molecule has 0 amide bonds. The Kier molecular flexibility index (Phi) is 4.42. The van der Waals surface area contributed by atoms with E-state index in [4.69, 9.17) is 4.43 Å². The van der Waals surface area contributed by atoms with Gasteiger partial charge in [-0.15, -0.1) is 0 Å². The summed E-state index contributed by atoms with van der Waals surface area (Å²) in [5.74, 6) is 3.12. The first kappa shape index (κ1) is 19.2. The number of fused-ring (bicyclic) bond motifs is 5. The van der Waals surface area contributed by atoms with Crippen molar-refractivity contribution in [2.75, 3.05) is 0 Å². The Morgan fingerprint density at radius 1 is 1.19 bits per heavy atom. The van der Waals surface area contributed by atoms with Crippen molar-refractivity contribution in [3.63, 3.8) is 0 Å². The average molecular weight is 387 g/mol. The van der Waals surface area contributed by atoms with E-state index in [0.717, 1.165) is 37.7 Å². The summed E-state index contributed by atoms with van der Waals surface area (Å²) in [6.07, 6.45) is 7.89. The van der Waals surface area contributed by atoms with Gasteiger partial charge in [0.1, 0.15) is 5.82 Å². The van der Waals surface area contributed by atoms with E-state index in [1.807, 2.05) is 6.07 Å². The molecular weight excluding hydrogens is 351 g/mol. The maximum Gasteiger partial charge on any atom is 0.250 e. The molecule has 148 valence electrons. The topological polar surface area (TPSA) is 9.23 Å². The largest absolute Gasteiger partial charge is 0.546 e. The van der Waals surface area contributed by atoms with E-state index in [1.165, 1.54) is 11.3 Å². The Labute approximate surface area is 165 Å². The third-order valence-electron chi connectivity index (χ3n) is 8.40. The average Bonchev–Trinajstić information content (AvgIpc) is 2.90. The lowest BCUT2D eigenvalue weighted by Gasteiger charge is -2.51. The van der Waals surface area contributed by atoms with E-state index < -0.39 is 8.32 Å². The SMILES string of the molecule is CC(C)(C)[Si](C)(C)OC1=CCC2C3CCc4c(F)cccc4C3CC[C@]12C. The van der Waals surface area contributed by atoms with Crippen LogP contribution in [0.25, 0.3) is 0 Å². The fourth-order valence-electron chi connectivity index (χ4n) is 5.69. The van der Waals surface area contributed by atoms with Crippen LogP contribution in [0.3, 0.4) is 0 Å². The van der Waals surface area contributed by atoms with Crippen molar-refractivity contribution in [3.8, 4) is 0 Å². The van der Waals surface area contributed by atoms with Crippen LogP contribution in [0.15, 0.2) is 30.0 Å². The Balaban J connectivity index is 1.60. The van der Waals surface area contributed by atoms with E-state index >= 15 is 0 Å². The fraction of sp³-hybridized carbons (Fsp3) is 0.667. The molecule has 1 saturated carbocycles. The number of hydrogen-bond donors (Lipinski definition) is 0. The molecule has 0 N–H and O–H groups in total. The highest BCUT2D eigenvalue weighted by molar-refractivity contribution is 6.74. The van der Waals surface area contributed by atoms with Gasteiger partial charge in [-0.3, -0.25) is 0 Å². The number of benzene rings is 1. The third-order valence-corrected chi connectivity index (χ3v) is 12.7. The molecule has 0 aromatic heterocycles. The predicted molar refractivity (Wildman–Crippen MR) is 113 cm³/mol. The minimum atomic E-state index is -1.82. The molecule has 3 unspecified atom stereocenters. The monoisotopic (exact) mass is 386 g/mol. The second-order valence-electron chi connectivity index (χ2n) is 10.8. The van der Waals surface area contributed by atoms with Crippen LogP contribution in [0.2, 0.25) is 18.1 Å². The molecule has 1 nitrogen and oxygen atoms in total. The quantitative estimate of drug-likeness (QED) is 0.488. The highest BCUT2D eigenvalue weighted by atomic mass is 28.4. The van der Waals surface area contributed by atoms with Gasteiger partial charge in [0.15, 0.2) is 0 Å². The van der Waals surface area contributed by atoms with Crippen molar-refractivity contribution in [1.29, 1.82) is 0 Å². The van der Waals surface area contributed by atoms with E-state index in [0.29, 0.717) is 17.8 Å². The molecule has 1 aromatic rings. The summed E-state index contributed by atoms with van der Waals surface area (Å²) in [6, 6.07) is 5.73. The Bertz CT molecular complexity index is 775. The molecule has 0 radical (unpaired) electrons. The first-order chi connectivity index (χ1) is 12.5. The zero-order chi connectivity index (χ0) is 19.6. The summed E-state index contributed by atoms with van der Waals surface area (Å²) in [7, 11) is -1.82. The zero-order valence-electron chi connectivity index (χ0n) is 17.9. The van der Waals surface area contributed by atoms with E-state index in [1.54, 1.807) is 6.07 Å². The van der Waals surface area contributed by atoms with Gasteiger partial charge in [0.05, 0.1) is 5.76 Å². The lowest BCUT2D eigenvalue weighted by atomic mass is 9.55. The van der Waals surface area contributed by atoms with Crippen LogP contribution in [-0.4, -0.2) is 8.32 Å². The summed E-state index contributed by atoms with van der Waals surface area (Å²) < 4.78 is 21.2. The number of allylic oxidation sites excluding steroid dienone is 2. The molecule has 0 bridgehead atoms. The Hall–Kier alpha value is -1.09. The van der Waals surface area contributed by atoms with Crippen molar-refractivity contribution >= 4 is 8.32 Å². The molecule has 3 aliphatic carbocycles. The van der Waals surface area contributed by atoms with Crippen molar-refractivity contribution in [2.24, 2.45) is 17.3 Å². The van der Waals surface area contributed by atoms with Crippen LogP contribution in [0.4, 0.5) is 4.39 Å². The van der Waals surface area contributed by atoms with Crippen molar-refractivity contribution in [2.45, 2.75) is 83.8 Å². The lowest BCUT2D eigenvalue weighted by molar-refractivity contribution is 0.0492. The summed E-state index contributed by atoms with van der Waals surface area (Å²) in [5.41, 5.74) is 2.46. The van der Waals surface area contributed by atoms with Crippen LogP contribution in [0.1, 0.15) is 70.4 Å². The van der Waals surface area contributed by atoms with Gasteiger partial charge in [-0.05, 0) is 91.3 Å². The van der Waals surface area contributed by atoms with Gasteiger partial charge in [-0.25, -0.2) is 4.39 Å². The van der Waals surface area contributed by atoms with E-state index in [2.05, 4.69) is 52.9 Å². The van der Waals surface area contributed by atoms with Gasteiger partial charge >= 0.3 is 0 Å². The van der Waals surface area contributed by atoms with Gasteiger partial charge in [-0.2, -0.15) is 0 Å². The molecule has 4 atom stereocenters. The molecule has 0 heterocycles. The van der Waals surface area contributed by atoms with Gasteiger partial charge in [0.25, 0.3) is 0 Å². The second-order valence-corrected chi connectivity index (χ2v) is 15.6. The summed E-state index contributed by atoms with van der Waals surface area (Å²) >= 11 is 0. The normalized spacial score (nSPS) is 33.0. The predicted octanol–water partition coefficient (Wildman–Crippen LogP) is 7.20. The highest BCUT2D eigenvalue weighted by Gasteiger charge is 2.54. The zero-order valence-corrected chi connectivity index (χ0v) is 18.9. The van der Waals surface area contributed by atoms with Crippen molar-refractivity contribution < 1.29 is 8.82 Å². The van der Waals surface area contributed by atoms with Crippen molar-refractivity contribution in [1.82, 2.24) is 0 Å². The van der Waals surface area contributed by atoms with Gasteiger partial charge in [-0.1, -0.05) is 39.8 Å². The summed E-state index contributed by atoms with van der Waals surface area (Å²) in [4.78, 5) is 0. The number of halogens is 1. The van der Waals surface area contributed by atoms with Crippen LogP contribution in [0, 0.1) is 23.1 Å². The molecule has 3 aliphatic rings. The lowest BCUT2D eigenvalue weighted by Crippen LogP contribution is -2.46. The van der Waals surface area contributed by atoms with Crippen LogP contribution in [0.5, 0.6) is 0 Å². The molecule has 0 spiro atoms. The molecular formula is C24H35FOSi. The molecule has 3 heteroatoms. The Morgan fingerprint density at radius 3 is 2.63 bits per heavy atom. The fourth-order valence-corrected chi connectivity index (χ4v) is 6.86. The standard InChI is InChI=1S/C24H35FOSi/c1-23(2,3)27(5,6)26-22-13-12-20-18-10-11-19-16(8-7-9-21(19)25)17(18)14-15-24(20,22)4/h7-9,13,17-18,20H,10-12,14-15H2,1-6H3/t17?,18?,20?,24-/m0/s1. The van der Waals surface area contributed by atoms with Crippen LogP contribution >= 0.6 is 0 Å². The minimum Gasteiger partial charge on any atom is -0.546 e. The van der Waals surface area contributed by atoms with Crippen LogP contribution in [-0.2, 0) is 10.8 Å². The van der Waals surface area contributed by atoms with Gasteiger partial charge < -0.3 is 4.43 Å². The molecule has 0 aliphatic heterocycles. The smallest absolute Gasteiger partial charge is 0.250 e. The first-order valence-electron chi connectivity index (χ1n) is 10.7. The maximum absolute atomic E-state index is 14.3. The Morgan fingerprint density at radius 2 is 1.93 bits per heavy atom. The van der Waals surface area contributed by atoms with Gasteiger partial charge in [0.2, 0.25) is 8.32 Å². The van der Waals surface area contributed by atoms with E-state index in [-0.39, 0.29) is 16.3 Å². The molecule has 27 heavy (non-hydrogen) atoms. The molecule has 1 aromatic carbocycles. The second kappa shape index (κ2) is 6.20. The van der Waals surface area contributed by atoms with Gasteiger partial charge in [0, 0.05) is 5.41 Å². The molecule has 1 fully saturated rings. The minimum absolute atomic E-state index is 0.00535. The molecule has 4 rings (SSSR count). The maximum atomic E-state index is 14.3. The van der Waals surface area contributed by atoms with Crippen LogP contribution < -0.4 is 0 Å². The van der Waals surface area contributed by atoms with E-state index in [9.17, 15) is 4.39 Å². The summed E-state index contributed by atoms with van der Waals surface area (Å²) in [5, 5.41) is 0.223. The molecule has 0 saturated heterocycles.